The molecule has 0 spiro atoms. The largest absolute Gasteiger partial charge is 0.353 e. The van der Waals surface area contributed by atoms with Crippen molar-refractivity contribution in [3.05, 3.63) is 23.0 Å². The van der Waals surface area contributed by atoms with Crippen LogP contribution in [0, 0.1) is 0 Å². The number of rotatable bonds is 3. The van der Waals surface area contributed by atoms with Gasteiger partial charge in [-0.1, -0.05) is 11.6 Å². The van der Waals surface area contributed by atoms with Gasteiger partial charge in [0.2, 0.25) is 0 Å². The van der Waals surface area contributed by atoms with Gasteiger partial charge in [-0.05, 0) is 25.3 Å². The van der Waals surface area contributed by atoms with Crippen molar-refractivity contribution in [2.24, 2.45) is 0 Å². The Labute approximate surface area is 79.0 Å². The van der Waals surface area contributed by atoms with E-state index in [1.807, 2.05) is 6.92 Å². The van der Waals surface area contributed by atoms with E-state index in [0.717, 1.165) is 18.4 Å². The molecule has 1 rings (SSSR count). The lowest BCUT2D eigenvalue weighted by molar-refractivity contribution is 0.286. The van der Waals surface area contributed by atoms with Crippen molar-refractivity contribution < 1.29 is 13.6 Å². The Morgan fingerprint density at radius 3 is 2.46 bits per heavy atom. The van der Waals surface area contributed by atoms with Gasteiger partial charge in [-0.15, -0.1) is 0 Å². The fourth-order valence-corrected chi connectivity index (χ4v) is 2.38. The second-order valence-corrected chi connectivity index (χ2v) is 5.05. The molecule has 74 valence electrons. The zero-order chi connectivity index (χ0) is 9.90. The molecule has 0 radical (unpaired) electrons. The molecule has 3 nitrogen and oxygen atoms in total. The van der Waals surface area contributed by atoms with Crippen molar-refractivity contribution in [2.45, 2.75) is 19.8 Å². The van der Waals surface area contributed by atoms with Crippen LogP contribution in [0.5, 0.6) is 0 Å². The highest BCUT2D eigenvalue weighted by Crippen LogP contribution is 2.50. The van der Waals surface area contributed by atoms with E-state index in [1.54, 1.807) is 5.82 Å². The van der Waals surface area contributed by atoms with E-state index in [9.17, 15) is 4.57 Å². The molecule has 13 heavy (non-hydrogen) atoms. The van der Waals surface area contributed by atoms with E-state index < -0.39 is 7.60 Å². The lowest BCUT2D eigenvalue weighted by Gasteiger charge is -2.10. The molecule has 0 unspecified atom stereocenters. The van der Waals surface area contributed by atoms with Crippen LogP contribution in [0.2, 0.25) is 0 Å². The average molecular weight is 202 g/mol. The Morgan fingerprint density at radius 2 is 2.08 bits per heavy atom. The summed E-state index contributed by atoms with van der Waals surface area (Å²) in [5.41, 5.74) is 2.25. The SMILES string of the molecule is COP(=O)(/C=C1/CCC=C1C)OC. The minimum atomic E-state index is -2.97. The van der Waals surface area contributed by atoms with Crippen LogP contribution in [-0.4, -0.2) is 14.2 Å². The molecule has 1 aliphatic rings. The summed E-state index contributed by atoms with van der Waals surface area (Å²) in [6.45, 7) is 2.01. The van der Waals surface area contributed by atoms with E-state index in [0.29, 0.717) is 0 Å². The molecule has 0 aromatic rings. The molecule has 0 heterocycles. The lowest BCUT2D eigenvalue weighted by Crippen LogP contribution is -1.87. The number of hydrogen-bond donors (Lipinski definition) is 0. The van der Waals surface area contributed by atoms with E-state index in [1.165, 1.54) is 19.8 Å². The first-order chi connectivity index (χ1) is 6.11. The highest BCUT2D eigenvalue weighted by atomic mass is 31.2. The molecule has 4 heteroatoms. The monoisotopic (exact) mass is 202 g/mol. The van der Waals surface area contributed by atoms with Gasteiger partial charge < -0.3 is 9.05 Å². The molecular weight excluding hydrogens is 187 g/mol. The van der Waals surface area contributed by atoms with Crippen LogP contribution in [0.4, 0.5) is 0 Å². The van der Waals surface area contributed by atoms with Crippen molar-refractivity contribution in [2.75, 3.05) is 14.2 Å². The first-order valence-electron chi connectivity index (χ1n) is 4.21. The number of allylic oxidation sites excluding steroid dienone is 3. The van der Waals surface area contributed by atoms with E-state index in [4.69, 9.17) is 9.05 Å². The van der Waals surface area contributed by atoms with E-state index >= 15 is 0 Å². The zero-order valence-corrected chi connectivity index (χ0v) is 9.14. The van der Waals surface area contributed by atoms with Gasteiger partial charge in [0.1, 0.15) is 0 Å². The Hall–Kier alpha value is -0.370. The smallest absolute Gasteiger partial charge is 0.309 e. The van der Waals surface area contributed by atoms with Gasteiger partial charge in [-0.3, -0.25) is 4.57 Å². The molecular formula is C9H15O3P. The Kier molecular flexibility index (Phi) is 3.48. The summed E-state index contributed by atoms with van der Waals surface area (Å²) in [5, 5.41) is 0. The molecule has 0 saturated heterocycles. The Morgan fingerprint density at radius 1 is 1.46 bits per heavy atom. The molecule has 0 saturated carbocycles. The van der Waals surface area contributed by atoms with E-state index in [-0.39, 0.29) is 0 Å². The predicted molar refractivity (Wildman–Crippen MR) is 52.7 cm³/mol. The quantitative estimate of drug-likeness (QED) is 0.659. The van der Waals surface area contributed by atoms with Crippen molar-refractivity contribution >= 4 is 7.60 Å². The summed E-state index contributed by atoms with van der Waals surface area (Å²) in [6.07, 6.45) is 4.08. The van der Waals surface area contributed by atoms with Crippen LogP contribution in [0.25, 0.3) is 0 Å². The summed E-state index contributed by atoms with van der Waals surface area (Å²) in [5.74, 6) is 1.62. The molecule has 0 atom stereocenters. The van der Waals surface area contributed by atoms with Crippen molar-refractivity contribution in [3.63, 3.8) is 0 Å². The maximum atomic E-state index is 11.7. The van der Waals surface area contributed by atoms with Crippen molar-refractivity contribution in [1.82, 2.24) is 0 Å². The van der Waals surface area contributed by atoms with Crippen LogP contribution in [0.15, 0.2) is 23.0 Å². The fraction of sp³-hybridized carbons (Fsp3) is 0.556. The number of hydrogen-bond acceptors (Lipinski definition) is 3. The Bertz CT molecular complexity index is 283. The second-order valence-electron chi connectivity index (χ2n) is 2.99. The Balaban J connectivity index is 2.86. The highest BCUT2D eigenvalue weighted by Gasteiger charge is 2.20. The minimum Gasteiger partial charge on any atom is -0.309 e. The molecule has 0 aromatic heterocycles. The average Bonchev–Trinajstić information content (AvgIpc) is 2.52. The molecule has 0 aromatic carbocycles. The molecule has 1 aliphatic carbocycles. The van der Waals surface area contributed by atoms with Crippen LogP contribution in [-0.2, 0) is 13.6 Å². The minimum absolute atomic E-state index is 0.933. The molecule has 0 N–H and O–H groups in total. The van der Waals surface area contributed by atoms with Gasteiger partial charge in [-0.2, -0.15) is 0 Å². The predicted octanol–water partition coefficient (Wildman–Crippen LogP) is 3.10. The molecule has 0 bridgehead atoms. The van der Waals surface area contributed by atoms with Gasteiger partial charge in [0.15, 0.2) is 0 Å². The third kappa shape index (κ3) is 2.53. The summed E-state index contributed by atoms with van der Waals surface area (Å²) in [7, 11) is -0.174. The van der Waals surface area contributed by atoms with Crippen LogP contribution in [0.1, 0.15) is 19.8 Å². The first-order valence-corrected chi connectivity index (χ1v) is 5.82. The zero-order valence-electron chi connectivity index (χ0n) is 8.24. The van der Waals surface area contributed by atoms with Gasteiger partial charge in [0.25, 0.3) is 0 Å². The highest BCUT2D eigenvalue weighted by molar-refractivity contribution is 7.57. The third-order valence-electron chi connectivity index (χ3n) is 2.19. The molecule has 0 fully saturated rings. The fourth-order valence-electron chi connectivity index (χ4n) is 1.31. The summed E-state index contributed by atoms with van der Waals surface area (Å²) in [4.78, 5) is 0. The molecule has 0 aliphatic heterocycles. The summed E-state index contributed by atoms with van der Waals surface area (Å²) in [6, 6.07) is 0. The standard InChI is InChI=1S/C9H15O3P/c1-8-5-4-6-9(8)7-13(10,11-2)12-3/h5,7H,4,6H2,1-3H3/b9-7-. The third-order valence-corrected chi connectivity index (χ3v) is 3.84. The van der Waals surface area contributed by atoms with Gasteiger partial charge in [0.05, 0.1) is 0 Å². The van der Waals surface area contributed by atoms with Crippen molar-refractivity contribution in [1.29, 1.82) is 0 Å². The second kappa shape index (κ2) is 4.23. The first kappa shape index (κ1) is 10.7. The van der Waals surface area contributed by atoms with Gasteiger partial charge >= 0.3 is 7.60 Å². The van der Waals surface area contributed by atoms with Crippen molar-refractivity contribution in [3.8, 4) is 0 Å². The van der Waals surface area contributed by atoms with Crippen LogP contribution < -0.4 is 0 Å². The maximum absolute atomic E-state index is 11.7. The normalized spacial score (nSPS) is 20.8. The molecule has 0 amide bonds. The maximum Gasteiger partial charge on any atom is 0.353 e. The van der Waals surface area contributed by atoms with Crippen LogP contribution in [0.3, 0.4) is 0 Å². The summed E-state index contributed by atoms with van der Waals surface area (Å²) >= 11 is 0. The van der Waals surface area contributed by atoms with Crippen LogP contribution >= 0.6 is 7.60 Å². The lowest BCUT2D eigenvalue weighted by atomic mass is 10.2. The topological polar surface area (TPSA) is 35.5 Å². The summed E-state index contributed by atoms with van der Waals surface area (Å²) < 4.78 is 21.4. The van der Waals surface area contributed by atoms with E-state index in [2.05, 4.69) is 6.08 Å². The van der Waals surface area contributed by atoms with Gasteiger partial charge in [0, 0.05) is 20.0 Å². The van der Waals surface area contributed by atoms with Gasteiger partial charge in [-0.25, -0.2) is 0 Å².